The maximum absolute atomic E-state index is 12.0. The van der Waals surface area contributed by atoms with Crippen LogP contribution in [0.1, 0.15) is 42.3 Å². The fourth-order valence-corrected chi connectivity index (χ4v) is 2.76. The summed E-state index contributed by atoms with van der Waals surface area (Å²) in [5.74, 6) is 0.264. The minimum absolute atomic E-state index is 0.0779. The van der Waals surface area contributed by atoms with Gasteiger partial charge in [-0.2, -0.15) is 0 Å². The maximum atomic E-state index is 12.0. The summed E-state index contributed by atoms with van der Waals surface area (Å²) in [5, 5.41) is 3.80. The number of carbonyl (C=O) groups excluding carboxylic acids is 1. The fourth-order valence-electron chi connectivity index (χ4n) is 1.88. The molecular weight excluding hydrogens is 248 g/mol. The Morgan fingerprint density at radius 2 is 2.33 bits per heavy atom. The summed E-state index contributed by atoms with van der Waals surface area (Å²) in [5.41, 5.74) is 5.82. The van der Waals surface area contributed by atoms with E-state index in [1.54, 1.807) is 0 Å². The number of rotatable bonds is 5. The zero-order valence-corrected chi connectivity index (χ0v) is 11.7. The van der Waals surface area contributed by atoms with E-state index in [4.69, 9.17) is 5.73 Å². The van der Waals surface area contributed by atoms with E-state index >= 15 is 0 Å². The lowest BCUT2D eigenvalue weighted by molar-refractivity contribution is 0.0922. The Morgan fingerprint density at radius 1 is 1.61 bits per heavy atom. The van der Waals surface area contributed by atoms with Crippen LogP contribution in [0.25, 0.3) is 0 Å². The number of nitrogens with one attached hydrogen (secondary N) is 1. The number of amides is 1. The monoisotopic (exact) mass is 268 g/mol. The lowest BCUT2D eigenvalue weighted by Crippen LogP contribution is -2.39. The van der Waals surface area contributed by atoms with Crippen molar-refractivity contribution in [1.29, 1.82) is 0 Å². The minimum Gasteiger partial charge on any atom is -0.382 e. The molecule has 1 aromatic rings. The van der Waals surface area contributed by atoms with Gasteiger partial charge in [-0.15, -0.1) is 0 Å². The quantitative estimate of drug-likeness (QED) is 0.855. The third-order valence-electron chi connectivity index (χ3n) is 3.17. The van der Waals surface area contributed by atoms with E-state index in [9.17, 15) is 4.79 Å². The molecule has 0 aromatic carbocycles. The first-order valence-corrected chi connectivity index (χ1v) is 7.21. The Labute approximate surface area is 111 Å². The molecule has 0 unspecified atom stereocenters. The van der Waals surface area contributed by atoms with Crippen LogP contribution in [0.5, 0.6) is 0 Å². The van der Waals surface area contributed by atoms with Gasteiger partial charge in [-0.25, -0.2) is 4.98 Å². The molecule has 0 aliphatic heterocycles. The summed E-state index contributed by atoms with van der Waals surface area (Å²) in [6.45, 7) is 3.02. The highest BCUT2D eigenvalue weighted by atomic mass is 32.1. The van der Waals surface area contributed by atoms with Crippen LogP contribution in [-0.4, -0.2) is 30.5 Å². The molecule has 0 atom stereocenters. The molecule has 6 heteroatoms. The van der Waals surface area contributed by atoms with Crippen molar-refractivity contribution in [3.05, 3.63) is 4.88 Å². The molecule has 2 rings (SSSR count). The lowest BCUT2D eigenvalue weighted by atomic mass is 9.93. The van der Waals surface area contributed by atoms with E-state index in [1.165, 1.54) is 17.8 Å². The van der Waals surface area contributed by atoms with E-state index in [0.717, 1.165) is 30.9 Å². The first-order chi connectivity index (χ1) is 8.61. The van der Waals surface area contributed by atoms with Crippen LogP contribution < -0.4 is 16.0 Å². The zero-order valence-electron chi connectivity index (χ0n) is 10.9. The molecule has 0 bridgehead atoms. The highest BCUT2D eigenvalue weighted by molar-refractivity contribution is 7.18. The molecule has 0 spiro atoms. The molecule has 0 saturated heterocycles. The number of anilines is 2. The van der Waals surface area contributed by atoms with Gasteiger partial charge in [-0.05, 0) is 25.7 Å². The van der Waals surface area contributed by atoms with Crippen LogP contribution in [-0.2, 0) is 0 Å². The van der Waals surface area contributed by atoms with Crippen molar-refractivity contribution in [2.75, 3.05) is 24.2 Å². The van der Waals surface area contributed by atoms with E-state index in [1.807, 2.05) is 11.9 Å². The number of nitrogen functional groups attached to an aromatic ring is 1. The zero-order chi connectivity index (χ0) is 13.1. The Bertz CT molecular complexity index is 428. The number of hydrogen-bond acceptors (Lipinski definition) is 5. The number of nitrogens with two attached hydrogens (primary N) is 1. The van der Waals surface area contributed by atoms with E-state index in [0.29, 0.717) is 16.7 Å². The lowest BCUT2D eigenvalue weighted by Gasteiger charge is -2.26. The van der Waals surface area contributed by atoms with Crippen LogP contribution in [0.15, 0.2) is 0 Å². The molecule has 3 N–H and O–H groups in total. The molecule has 100 valence electrons. The predicted octanol–water partition coefficient (Wildman–Crippen LogP) is 1.85. The van der Waals surface area contributed by atoms with Crippen LogP contribution in [0.4, 0.5) is 10.9 Å². The van der Waals surface area contributed by atoms with Gasteiger partial charge in [0.25, 0.3) is 5.91 Å². The normalized spacial score (nSPS) is 15.2. The Hall–Kier alpha value is -1.30. The summed E-state index contributed by atoms with van der Waals surface area (Å²) in [6, 6.07) is 0.329. The van der Waals surface area contributed by atoms with E-state index in [2.05, 4.69) is 17.2 Å². The summed E-state index contributed by atoms with van der Waals surface area (Å²) < 4.78 is 0. The minimum atomic E-state index is -0.0779. The average molecular weight is 268 g/mol. The molecule has 5 nitrogen and oxygen atoms in total. The van der Waals surface area contributed by atoms with Gasteiger partial charge < -0.3 is 16.0 Å². The van der Waals surface area contributed by atoms with Crippen LogP contribution >= 0.6 is 11.3 Å². The van der Waals surface area contributed by atoms with Crippen LogP contribution in [0.2, 0.25) is 0 Å². The first-order valence-electron chi connectivity index (χ1n) is 6.40. The summed E-state index contributed by atoms with van der Waals surface area (Å²) in [7, 11) is 1.97. The summed E-state index contributed by atoms with van der Waals surface area (Å²) in [6.07, 6.45) is 4.40. The molecule has 18 heavy (non-hydrogen) atoms. The van der Waals surface area contributed by atoms with Gasteiger partial charge in [-0.1, -0.05) is 18.3 Å². The van der Waals surface area contributed by atoms with Gasteiger partial charge in [0.15, 0.2) is 5.13 Å². The fraction of sp³-hybridized carbons (Fsp3) is 0.667. The van der Waals surface area contributed by atoms with Crippen molar-refractivity contribution in [1.82, 2.24) is 10.3 Å². The number of carbonyl (C=O) groups is 1. The second-order valence-corrected chi connectivity index (χ2v) is 5.71. The Kier molecular flexibility index (Phi) is 4.06. The highest BCUT2D eigenvalue weighted by Crippen LogP contribution is 2.28. The largest absolute Gasteiger partial charge is 0.382 e. The maximum Gasteiger partial charge on any atom is 0.265 e. The second kappa shape index (κ2) is 5.56. The molecule has 1 heterocycles. The Balaban J connectivity index is 2.05. The Morgan fingerprint density at radius 3 is 2.89 bits per heavy atom. The van der Waals surface area contributed by atoms with Gasteiger partial charge in [0, 0.05) is 19.6 Å². The van der Waals surface area contributed by atoms with Crippen molar-refractivity contribution in [2.45, 2.75) is 38.6 Å². The summed E-state index contributed by atoms with van der Waals surface area (Å²) >= 11 is 1.37. The SMILES string of the molecule is CCCN(C)c1nc(N)c(C(=O)NC2CCC2)s1. The number of aromatic nitrogens is 1. The standard InChI is InChI=1S/C12H20N4OS/c1-3-7-16(2)12-15-10(13)9(18-12)11(17)14-8-5-4-6-8/h8H,3-7,13H2,1-2H3,(H,14,17). The van der Waals surface area contributed by atoms with E-state index < -0.39 is 0 Å². The highest BCUT2D eigenvalue weighted by Gasteiger charge is 2.23. The number of nitrogens with zero attached hydrogens (tertiary/aromatic N) is 2. The molecule has 1 aliphatic carbocycles. The smallest absolute Gasteiger partial charge is 0.265 e. The van der Waals surface area contributed by atoms with Gasteiger partial charge in [0.05, 0.1) is 0 Å². The van der Waals surface area contributed by atoms with Gasteiger partial charge in [-0.3, -0.25) is 4.79 Å². The molecule has 1 aromatic heterocycles. The average Bonchev–Trinajstić information content (AvgIpc) is 2.66. The number of thiazole rings is 1. The molecular formula is C12H20N4OS. The first kappa shape index (κ1) is 13.1. The van der Waals surface area contributed by atoms with Crippen molar-refractivity contribution in [2.24, 2.45) is 0 Å². The predicted molar refractivity (Wildman–Crippen MR) is 75.2 cm³/mol. The third-order valence-corrected chi connectivity index (χ3v) is 4.36. The molecule has 1 amide bonds. The van der Waals surface area contributed by atoms with Crippen molar-refractivity contribution in [3.8, 4) is 0 Å². The second-order valence-electron chi connectivity index (χ2n) is 4.73. The van der Waals surface area contributed by atoms with Crippen molar-refractivity contribution < 1.29 is 4.79 Å². The topological polar surface area (TPSA) is 71.2 Å². The molecule has 0 radical (unpaired) electrons. The molecule has 1 saturated carbocycles. The number of hydrogen-bond donors (Lipinski definition) is 2. The third kappa shape index (κ3) is 2.75. The van der Waals surface area contributed by atoms with Gasteiger partial charge >= 0.3 is 0 Å². The van der Waals surface area contributed by atoms with Crippen LogP contribution in [0.3, 0.4) is 0 Å². The van der Waals surface area contributed by atoms with Crippen molar-refractivity contribution in [3.63, 3.8) is 0 Å². The van der Waals surface area contributed by atoms with Gasteiger partial charge in [0.1, 0.15) is 10.7 Å². The van der Waals surface area contributed by atoms with Crippen molar-refractivity contribution >= 4 is 28.2 Å². The van der Waals surface area contributed by atoms with E-state index in [-0.39, 0.29) is 5.91 Å². The van der Waals surface area contributed by atoms with Crippen LogP contribution in [0, 0.1) is 0 Å². The molecule has 1 aliphatic rings. The summed E-state index contributed by atoms with van der Waals surface area (Å²) in [4.78, 5) is 18.9. The van der Waals surface area contributed by atoms with Gasteiger partial charge in [0.2, 0.25) is 0 Å². The molecule has 1 fully saturated rings.